The summed E-state index contributed by atoms with van der Waals surface area (Å²) < 4.78 is 11.2. The topological polar surface area (TPSA) is 19.4 Å². The minimum atomic E-state index is 0.529. The highest BCUT2D eigenvalue weighted by Crippen LogP contribution is 2.34. The van der Waals surface area contributed by atoms with Crippen molar-refractivity contribution in [2.75, 3.05) is 0 Å². The highest BCUT2D eigenvalue weighted by molar-refractivity contribution is 5.69. The molecule has 5 heterocycles. The fourth-order valence-corrected chi connectivity index (χ4v) is 13.7. The maximum atomic E-state index is 2.35. The molecule has 5 aromatic carbocycles. The van der Waals surface area contributed by atoms with E-state index in [2.05, 4.69) is 393 Å². The molecule has 0 fully saturated rings. The number of hydrogen-bond donors (Lipinski definition) is 0. The van der Waals surface area contributed by atoms with E-state index in [1.807, 2.05) is 0 Å². The van der Waals surface area contributed by atoms with Crippen molar-refractivity contribution in [3.05, 3.63) is 266 Å². The second kappa shape index (κ2) is 35.9. The number of pyridine rings is 5. The van der Waals surface area contributed by atoms with Crippen LogP contribution in [0, 0.1) is 60.3 Å². The van der Waals surface area contributed by atoms with E-state index in [0.29, 0.717) is 41.4 Å². The predicted octanol–water partition coefficient (Wildman–Crippen LogP) is 21.6. The van der Waals surface area contributed by atoms with Gasteiger partial charge < -0.3 is 0 Å². The fraction of sp³-hybridized carbons (Fsp3) is 0.402. The lowest BCUT2D eigenvalue weighted by Crippen LogP contribution is -2.32. The monoisotopic (exact) mass is 1300 g/mol. The van der Waals surface area contributed by atoms with E-state index in [0.717, 1.165) is 19.3 Å². The average Bonchev–Trinajstić information content (AvgIpc) is 0.829. The van der Waals surface area contributed by atoms with Gasteiger partial charge >= 0.3 is 0 Å². The summed E-state index contributed by atoms with van der Waals surface area (Å²) in [6.45, 7) is 49.2. The van der Waals surface area contributed by atoms with Crippen molar-refractivity contribution in [1.82, 2.24) is 0 Å². The molecule has 0 bridgehead atoms. The van der Waals surface area contributed by atoms with Crippen molar-refractivity contribution in [2.45, 2.75) is 201 Å². The Morgan fingerprint density at radius 1 is 0.278 bits per heavy atom. The molecular weight excluding hydrogens is 1180 g/mol. The van der Waals surface area contributed by atoms with Crippen molar-refractivity contribution in [3.63, 3.8) is 0 Å². The first-order chi connectivity index (χ1) is 45.8. The van der Waals surface area contributed by atoms with E-state index in [9.17, 15) is 0 Å². The third-order valence-electron chi connectivity index (χ3n) is 18.8. The van der Waals surface area contributed by atoms with Gasteiger partial charge in [0, 0.05) is 86.0 Å². The third kappa shape index (κ3) is 20.7. The lowest BCUT2D eigenvalue weighted by atomic mass is 9.92. The Morgan fingerprint density at radius 3 is 0.876 bits per heavy atom. The first-order valence-electron chi connectivity index (χ1n) is 36.2. The molecule has 0 atom stereocenters. The van der Waals surface area contributed by atoms with Gasteiger partial charge in [0.1, 0.15) is 35.2 Å². The summed E-state index contributed by atoms with van der Waals surface area (Å²) in [7, 11) is 10.7. The lowest BCUT2D eigenvalue weighted by Gasteiger charge is -2.14. The number of benzene rings is 5. The van der Waals surface area contributed by atoms with Crippen LogP contribution in [0.15, 0.2) is 183 Å². The number of aryl methyl sites for hydroxylation is 13. The first kappa shape index (κ1) is 77.9. The molecule has 0 spiro atoms. The summed E-state index contributed by atoms with van der Waals surface area (Å²) in [5.41, 5.74) is 34.3. The molecule has 97 heavy (non-hydrogen) atoms. The molecule has 5 heteroatoms. The molecule has 10 rings (SSSR count). The molecule has 0 amide bonds. The maximum Gasteiger partial charge on any atom is 0.215 e. The van der Waals surface area contributed by atoms with Gasteiger partial charge in [-0.3, -0.25) is 0 Å². The van der Waals surface area contributed by atoms with Gasteiger partial charge in [-0.15, -0.1) is 0 Å². The first-order valence-corrected chi connectivity index (χ1v) is 36.2. The van der Waals surface area contributed by atoms with Crippen molar-refractivity contribution in [1.29, 1.82) is 0 Å². The molecule has 10 aromatic rings. The molecule has 0 radical (unpaired) electrons. The van der Waals surface area contributed by atoms with Crippen LogP contribution in [0.4, 0.5) is 0 Å². The van der Waals surface area contributed by atoms with E-state index in [4.69, 9.17) is 0 Å². The van der Waals surface area contributed by atoms with Crippen LogP contribution in [-0.2, 0) is 54.5 Å². The molecule has 0 unspecified atom stereocenters. The van der Waals surface area contributed by atoms with E-state index in [1.165, 1.54) is 140 Å². The van der Waals surface area contributed by atoms with Gasteiger partial charge in [0.2, 0.25) is 28.5 Å². The highest BCUT2D eigenvalue weighted by atomic mass is 14.9. The summed E-state index contributed by atoms with van der Waals surface area (Å²) in [6, 6.07) is 56.0. The van der Waals surface area contributed by atoms with Crippen LogP contribution in [0.25, 0.3) is 56.3 Å². The molecule has 0 N–H and O–H groups in total. The van der Waals surface area contributed by atoms with Gasteiger partial charge in [-0.25, -0.2) is 22.8 Å². The summed E-state index contributed by atoms with van der Waals surface area (Å²) in [4.78, 5) is 0. The Balaban J connectivity index is 0.000000192. The Bertz CT molecular complexity index is 4230. The van der Waals surface area contributed by atoms with E-state index >= 15 is 0 Å². The van der Waals surface area contributed by atoms with E-state index in [-0.39, 0.29) is 0 Å². The molecule has 0 aliphatic rings. The highest BCUT2D eigenvalue weighted by Gasteiger charge is 2.25. The standard InChI is InChI=1S/C20H28N.C19H26N.2C18H24N.C17H22N/c1-14(2)12-17-9-10-19(16(5)13-17)20-18(15(3)4)8-7-11-21(20)6;1-13(2)16-9-10-18(15(5)12-16)19-17(14(3)4)8-7-11-20(19)6;1-13(2)11-16-7-6-10-19(5)18(16)17-9-8-14(3)12-15(17)4;1-6-15-9-10-17(14(4)12-15)18-16(13(2)3)8-7-11-19(18)5;1-12(2)15-7-6-10-18(5)17(15)16-9-8-13(3)11-14(16)4/h7-11,13-15H,12H2,1-6H3;7-14H,1-6H3;6-10,12-13H,11H2,1-5H3;7-13H,6H2,1-5H3;6-12H,1-5H3/q5*+1. The number of hydrogen-bond acceptors (Lipinski definition) is 0. The quantitative estimate of drug-likeness (QED) is 0.0912. The van der Waals surface area contributed by atoms with E-state index < -0.39 is 0 Å². The zero-order valence-corrected chi connectivity index (χ0v) is 65.2. The average molecular weight is 1300 g/mol. The molecule has 5 aromatic heterocycles. The van der Waals surface area contributed by atoms with Crippen molar-refractivity contribution in [2.24, 2.45) is 47.1 Å². The van der Waals surface area contributed by atoms with Gasteiger partial charge in [0.15, 0.2) is 31.0 Å². The molecule has 0 aliphatic carbocycles. The van der Waals surface area contributed by atoms with Gasteiger partial charge in [0.05, 0.1) is 0 Å². The summed E-state index contributed by atoms with van der Waals surface area (Å²) in [5, 5.41) is 0. The molecular formula is C92H124N5+5. The predicted molar refractivity (Wildman–Crippen MR) is 415 cm³/mol. The van der Waals surface area contributed by atoms with Gasteiger partial charge in [-0.2, -0.15) is 0 Å². The Kier molecular flexibility index (Phi) is 28.8. The maximum absolute atomic E-state index is 2.35. The van der Waals surface area contributed by atoms with Crippen LogP contribution in [0.1, 0.15) is 217 Å². The van der Waals surface area contributed by atoms with Crippen molar-refractivity contribution in [3.8, 4) is 56.3 Å². The molecule has 512 valence electrons. The number of nitrogens with zero attached hydrogens (tertiary/aromatic N) is 5. The minimum absolute atomic E-state index is 0.529. The fourth-order valence-electron chi connectivity index (χ4n) is 13.7. The van der Waals surface area contributed by atoms with Crippen LogP contribution in [0.5, 0.6) is 0 Å². The smallest absolute Gasteiger partial charge is 0.201 e. The van der Waals surface area contributed by atoms with Crippen molar-refractivity contribution < 1.29 is 22.8 Å². The molecule has 0 saturated heterocycles. The number of rotatable bonds is 15. The minimum Gasteiger partial charge on any atom is -0.201 e. The molecule has 5 nitrogen and oxygen atoms in total. The summed E-state index contributed by atoms with van der Waals surface area (Å²) in [5.74, 6) is 4.09. The van der Waals surface area contributed by atoms with E-state index in [1.54, 1.807) is 0 Å². The van der Waals surface area contributed by atoms with Crippen LogP contribution < -0.4 is 22.8 Å². The lowest BCUT2D eigenvalue weighted by molar-refractivity contribution is -0.660. The van der Waals surface area contributed by atoms with Gasteiger partial charge in [0.25, 0.3) is 0 Å². The summed E-state index contributed by atoms with van der Waals surface area (Å²) in [6.07, 6.45) is 14.0. The van der Waals surface area contributed by atoms with Crippen molar-refractivity contribution >= 4 is 0 Å². The summed E-state index contributed by atoms with van der Waals surface area (Å²) >= 11 is 0. The second-order valence-corrected chi connectivity index (χ2v) is 30.0. The normalized spacial score (nSPS) is 11.2. The largest absolute Gasteiger partial charge is 0.215 e. The van der Waals surface area contributed by atoms with Crippen LogP contribution in [0.3, 0.4) is 0 Å². The molecule has 0 saturated carbocycles. The van der Waals surface area contributed by atoms with Crippen LogP contribution >= 0.6 is 0 Å². The third-order valence-corrected chi connectivity index (χ3v) is 18.8. The van der Waals surface area contributed by atoms with Crippen LogP contribution in [-0.4, -0.2) is 0 Å². The SMILES string of the molecule is CCc1ccc(-c2c(C(C)C)ccc[n+]2C)c(C)c1.Cc1cc(C(C)C)ccc1-c1c(C(C)C)ccc[n+]1C.Cc1cc(CC(C)C)ccc1-c1c(C(C)C)ccc[n+]1C.Cc1ccc(-c2c(C(C)C)ccc[n+]2C)c(C)c1.Cc1ccc(-c2c(CC(C)C)ccc[n+]2C)c(C)c1. The number of aromatic nitrogens is 5. The van der Waals surface area contributed by atoms with Gasteiger partial charge in [-0.05, 0) is 214 Å². The Morgan fingerprint density at radius 2 is 0.567 bits per heavy atom. The zero-order chi connectivity index (χ0) is 71.7. The zero-order valence-electron chi connectivity index (χ0n) is 65.2. The Labute approximate surface area is 590 Å². The second-order valence-electron chi connectivity index (χ2n) is 30.0. The molecule has 0 aliphatic heterocycles. The van der Waals surface area contributed by atoms with Gasteiger partial charge in [-0.1, -0.05) is 176 Å². The Hall–Kier alpha value is -8.15. The van der Waals surface area contributed by atoms with Crippen LogP contribution in [0.2, 0.25) is 0 Å².